The summed E-state index contributed by atoms with van der Waals surface area (Å²) < 4.78 is 13.3. The Balaban J connectivity index is 1.87. The Labute approximate surface area is 122 Å². The van der Waals surface area contributed by atoms with Crippen molar-refractivity contribution in [1.82, 2.24) is 10.3 Å². The zero-order chi connectivity index (χ0) is 14.5. The zero-order valence-corrected chi connectivity index (χ0v) is 11.9. The van der Waals surface area contributed by atoms with Crippen molar-refractivity contribution in [2.75, 3.05) is 6.54 Å². The van der Waals surface area contributed by atoms with Crippen molar-refractivity contribution in [3.63, 3.8) is 0 Å². The van der Waals surface area contributed by atoms with Gasteiger partial charge in [-0.1, -0.05) is 23.7 Å². The van der Waals surface area contributed by atoms with Gasteiger partial charge < -0.3 is 10.4 Å². The number of aliphatic hydroxyl groups is 1. The van der Waals surface area contributed by atoms with E-state index in [2.05, 4.69) is 10.3 Å². The van der Waals surface area contributed by atoms with Crippen LogP contribution in [-0.4, -0.2) is 16.6 Å². The van der Waals surface area contributed by atoms with Crippen LogP contribution in [0.3, 0.4) is 0 Å². The molecule has 2 rings (SSSR count). The van der Waals surface area contributed by atoms with Crippen LogP contribution in [0.15, 0.2) is 36.5 Å². The minimum atomic E-state index is -0.785. The minimum absolute atomic E-state index is 0.0535. The third-order valence-corrected chi connectivity index (χ3v) is 3.25. The highest BCUT2D eigenvalue weighted by atomic mass is 35.5. The second kappa shape index (κ2) is 6.79. The van der Waals surface area contributed by atoms with Gasteiger partial charge in [-0.3, -0.25) is 4.98 Å². The molecule has 20 heavy (non-hydrogen) atoms. The second-order valence-corrected chi connectivity index (χ2v) is 5.05. The van der Waals surface area contributed by atoms with Gasteiger partial charge in [-0.05, 0) is 36.2 Å². The summed E-state index contributed by atoms with van der Waals surface area (Å²) in [5, 5.41) is 13.1. The largest absolute Gasteiger partial charge is 0.387 e. The molecule has 1 aromatic carbocycles. The van der Waals surface area contributed by atoms with Gasteiger partial charge in [-0.2, -0.15) is 0 Å². The molecular weight excluding hydrogens is 279 g/mol. The maximum atomic E-state index is 13.3. The third-order valence-electron chi connectivity index (χ3n) is 2.94. The van der Waals surface area contributed by atoms with Gasteiger partial charge in [0.15, 0.2) is 0 Å². The molecule has 1 unspecified atom stereocenters. The van der Waals surface area contributed by atoms with E-state index < -0.39 is 11.9 Å². The normalized spacial score (nSPS) is 12.4. The van der Waals surface area contributed by atoms with Gasteiger partial charge in [0.25, 0.3) is 0 Å². The number of benzene rings is 1. The molecule has 0 saturated carbocycles. The molecule has 0 aliphatic carbocycles. The van der Waals surface area contributed by atoms with Crippen molar-refractivity contribution in [2.24, 2.45) is 0 Å². The number of aryl methyl sites for hydroxylation is 1. The Hall–Kier alpha value is -1.49. The fourth-order valence-electron chi connectivity index (χ4n) is 1.78. The van der Waals surface area contributed by atoms with E-state index in [1.807, 2.05) is 19.1 Å². The van der Waals surface area contributed by atoms with Gasteiger partial charge in [0.2, 0.25) is 0 Å². The SMILES string of the molecule is Cc1ccc(CNCC(O)c2ccc(Cl)c(F)c2)nc1. The van der Waals surface area contributed by atoms with E-state index in [4.69, 9.17) is 11.6 Å². The molecule has 0 aliphatic rings. The lowest BCUT2D eigenvalue weighted by Crippen LogP contribution is -2.21. The molecule has 106 valence electrons. The molecule has 0 bridgehead atoms. The second-order valence-electron chi connectivity index (χ2n) is 4.65. The number of aliphatic hydroxyl groups excluding tert-OH is 1. The summed E-state index contributed by atoms with van der Waals surface area (Å²) in [5.74, 6) is -0.525. The number of nitrogens with zero attached hydrogens (tertiary/aromatic N) is 1. The van der Waals surface area contributed by atoms with Crippen molar-refractivity contribution in [1.29, 1.82) is 0 Å². The molecule has 0 saturated heterocycles. The van der Waals surface area contributed by atoms with E-state index in [9.17, 15) is 9.50 Å². The monoisotopic (exact) mass is 294 g/mol. The maximum absolute atomic E-state index is 13.3. The van der Waals surface area contributed by atoms with Gasteiger partial charge in [0, 0.05) is 19.3 Å². The highest BCUT2D eigenvalue weighted by Crippen LogP contribution is 2.19. The molecule has 0 spiro atoms. The molecule has 1 aromatic heterocycles. The van der Waals surface area contributed by atoms with Gasteiger partial charge in [0.05, 0.1) is 16.8 Å². The summed E-state index contributed by atoms with van der Waals surface area (Å²) in [6.07, 6.45) is 1.01. The Morgan fingerprint density at radius 2 is 2.15 bits per heavy atom. The third kappa shape index (κ3) is 4.00. The quantitative estimate of drug-likeness (QED) is 0.891. The molecule has 0 fully saturated rings. The van der Waals surface area contributed by atoms with E-state index in [0.29, 0.717) is 18.7 Å². The molecule has 1 atom stereocenters. The van der Waals surface area contributed by atoms with Crippen LogP contribution in [0.1, 0.15) is 22.9 Å². The highest BCUT2D eigenvalue weighted by molar-refractivity contribution is 6.30. The number of aromatic nitrogens is 1. The fourth-order valence-corrected chi connectivity index (χ4v) is 1.90. The van der Waals surface area contributed by atoms with Crippen LogP contribution in [0.4, 0.5) is 4.39 Å². The van der Waals surface area contributed by atoms with Crippen LogP contribution < -0.4 is 5.32 Å². The molecule has 2 aromatic rings. The lowest BCUT2D eigenvalue weighted by atomic mass is 10.1. The summed E-state index contributed by atoms with van der Waals surface area (Å²) in [4.78, 5) is 4.25. The molecule has 2 N–H and O–H groups in total. The first kappa shape index (κ1) is 14.9. The van der Waals surface area contributed by atoms with Crippen LogP contribution >= 0.6 is 11.6 Å². The Morgan fingerprint density at radius 3 is 2.80 bits per heavy atom. The number of hydrogen-bond donors (Lipinski definition) is 2. The summed E-state index contributed by atoms with van der Waals surface area (Å²) in [6.45, 7) is 2.84. The fraction of sp³-hybridized carbons (Fsp3) is 0.267. The Kier molecular flexibility index (Phi) is 5.06. The zero-order valence-electron chi connectivity index (χ0n) is 11.1. The van der Waals surface area contributed by atoms with Crippen molar-refractivity contribution in [2.45, 2.75) is 19.6 Å². The Bertz CT molecular complexity index is 575. The van der Waals surface area contributed by atoms with Gasteiger partial charge in [0.1, 0.15) is 5.82 Å². The van der Waals surface area contributed by atoms with Gasteiger partial charge in [-0.15, -0.1) is 0 Å². The predicted molar refractivity (Wildman–Crippen MR) is 77.1 cm³/mol. The molecule has 5 heteroatoms. The number of hydrogen-bond acceptors (Lipinski definition) is 3. The summed E-state index contributed by atoms with van der Waals surface area (Å²) in [5.41, 5.74) is 2.49. The van der Waals surface area contributed by atoms with Gasteiger partial charge in [-0.25, -0.2) is 4.39 Å². The Morgan fingerprint density at radius 1 is 1.35 bits per heavy atom. The minimum Gasteiger partial charge on any atom is -0.387 e. The summed E-state index contributed by atoms with van der Waals surface area (Å²) in [6, 6.07) is 8.21. The van der Waals surface area contributed by atoms with E-state index in [0.717, 1.165) is 11.3 Å². The van der Waals surface area contributed by atoms with Crippen molar-refractivity contribution < 1.29 is 9.50 Å². The van der Waals surface area contributed by atoms with E-state index >= 15 is 0 Å². The number of rotatable bonds is 5. The average Bonchev–Trinajstić information content (AvgIpc) is 2.44. The summed E-state index contributed by atoms with van der Waals surface area (Å²) in [7, 11) is 0. The lowest BCUT2D eigenvalue weighted by Gasteiger charge is -2.12. The smallest absolute Gasteiger partial charge is 0.142 e. The van der Waals surface area contributed by atoms with E-state index in [1.165, 1.54) is 12.1 Å². The van der Waals surface area contributed by atoms with Crippen LogP contribution in [0.5, 0.6) is 0 Å². The predicted octanol–water partition coefficient (Wildman–Crippen LogP) is 3.01. The van der Waals surface area contributed by atoms with Crippen molar-refractivity contribution >= 4 is 11.6 Å². The average molecular weight is 295 g/mol. The highest BCUT2D eigenvalue weighted by Gasteiger charge is 2.09. The lowest BCUT2D eigenvalue weighted by molar-refractivity contribution is 0.174. The first-order valence-corrected chi connectivity index (χ1v) is 6.69. The standard InChI is InChI=1S/C15H16ClFN2O/c1-10-2-4-12(19-7-10)8-18-9-15(20)11-3-5-13(16)14(17)6-11/h2-7,15,18,20H,8-9H2,1H3. The summed E-state index contributed by atoms with van der Waals surface area (Å²) >= 11 is 5.60. The van der Waals surface area contributed by atoms with Crippen molar-refractivity contribution in [3.8, 4) is 0 Å². The van der Waals surface area contributed by atoms with Gasteiger partial charge >= 0.3 is 0 Å². The van der Waals surface area contributed by atoms with Crippen molar-refractivity contribution in [3.05, 3.63) is 64.2 Å². The molecule has 3 nitrogen and oxygen atoms in total. The topological polar surface area (TPSA) is 45.1 Å². The molecule has 0 aliphatic heterocycles. The first-order chi connectivity index (χ1) is 9.56. The molecule has 0 amide bonds. The molecule has 0 radical (unpaired) electrons. The van der Waals surface area contributed by atoms with E-state index in [-0.39, 0.29) is 5.02 Å². The van der Waals surface area contributed by atoms with Crippen LogP contribution in [0.2, 0.25) is 5.02 Å². The first-order valence-electron chi connectivity index (χ1n) is 6.31. The molecular formula is C15H16ClFN2O. The van der Waals surface area contributed by atoms with Crippen LogP contribution in [0.25, 0.3) is 0 Å². The number of halogens is 2. The van der Waals surface area contributed by atoms with Crippen LogP contribution in [0, 0.1) is 12.7 Å². The van der Waals surface area contributed by atoms with E-state index in [1.54, 1.807) is 12.3 Å². The van der Waals surface area contributed by atoms with Crippen LogP contribution in [-0.2, 0) is 6.54 Å². The maximum Gasteiger partial charge on any atom is 0.142 e. The number of pyridine rings is 1. The number of nitrogens with one attached hydrogen (secondary N) is 1. The molecule has 1 heterocycles.